The summed E-state index contributed by atoms with van der Waals surface area (Å²) in [5, 5.41) is 0.512. The molecule has 1 aliphatic rings. The second kappa shape index (κ2) is 10.8. The Balaban J connectivity index is 1.47. The number of anilines is 1. The van der Waals surface area contributed by atoms with E-state index in [2.05, 4.69) is 9.88 Å². The summed E-state index contributed by atoms with van der Waals surface area (Å²) in [5.74, 6) is -4.29. The molecule has 0 atom stereocenters. The standard InChI is InChI=1S/C30H25F3N4O4S/c1-19-2-5-23(6-3-19)42(39,40)37-18-25(24-15-22(16-34-30(24)37)35-10-12-41-13-11-35)20-8-9-36(27(38)14-20)17-21-4-7-26(31)29(33)28(21)32/h2-9,14-16,18H,10-13,17H2,1H3. The number of hydrogen-bond acceptors (Lipinski definition) is 6. The third kappa shape index (κ3) is 4.96. The molecule has 5 aromatic rings. The van der Waals surface area contributed by atoms with Crippen molar-refractivity contribution in [2.45, 2.75) is 18.4 Å². The number of nitrogens with zero attached hydrogens (tertiary/aromatic N) is 4. The van der Waals surface area contributed by atoms with Gasteiger partial charge in [0.2, 0.25) is 0 Å². The average Bonchev–Trinajstić information content (AvgIpc) is 3.39. The smallest absolute Gasteiger partial charge is 0.269 e. The monoisotopic (exact) mass is 594 g/mol. The van der Waals surface area contributed by atoms with E-state index in [4.69, 9.17) is 4.74 Å². The number of aromatic nitrogens is 3. The van der Waals surface area contributed by atoms with Crippen molar-refractivity contribution < 1.29 is 26.3 Å². The van der Waals surface area contributed by atoms with E-state index >= 15 is 0 Å². The largest absolute Gasteiger partial charge is 0.378 e. The van der Waals surface area contributed by atoms with Crippen molar-refractivity contribution in [3.05, 3.63) is 112 Å². The maximum atomic E-state index is 14.3. The van der Waals surface area contributed by atoms with Gasteiger partial charge in [0, 0.05) is 48.1 Å². The molecular formula is C30H25F3N4O4S. The van der Waals surface area contributed by atoms with Crippen molar-refractivity contribution in [1.29, 1.82) is 0 Å². The lowest BCUT2D eigenvalue weighted by atomic mass is 10.1. The third-order valence-corrected chi connectivity index (χ3v) is 8.98. The van der Waals surface area contributed by atoms with Crippen molar-refractivity contribution in [2.24, 2.45) is 0 Å². The first-order chi connectivity index (χ1) is 20.1. The molecule has 3 aromatic heterocycles. The van der Waals surface area contributed by atoms with Crippen LogP contribution in [0.1, 0.15) is 11.1 Å². The zero-order valence-electron chi connectivity index (χ0n) is 22.4. The second-order valence-electron chi connectivity index (χ2n) is 10.0. The highest BCUT2D eigenvalue weighted by Gasteiger charge is 2.24. The van der Waals surface area contributed by atoms with Crippen molar-refractivity contribution in [3.8, 4) is 11.1 Å². The van der Waals surface area contributed by atoms with Crippen LogP contribution < -0.4 is 10.5 Å². The number of morpholine rings is 1. The van der Waals surface area contributed by atoms with Gasteiger partial charge >= 0.3 is 0 Å². The molecule has 42 heavy (non-hydrogen) atoms. The fourth-order valence-electron chi connectivity index (χ4n) is 4.98. The van der Waals surface area contributed by atoms with Gasteiger partial charge in [-0.1, -0.05) is 23.8 Å². The molecule has 1 fully saturated rings. The summed E-state index contributed by atoms with van der Waals surface area (Å²) in [4.78, 5) is 19.8. The SMILES string of the molecule is Cc1ccc(S(=O)(=O)n2cc(-c3ccn(Cc4ccc(F)c(F)c4F)c(=O)c3)c3cc(N4CCOCC4)cnc32)cc1. The van der Waals surface area contributed by atoms with Crippen LogP contribution in [0.2, 0.25) is 0 Å². The molecule has 0 saturated carbocycles. The van der Waals surface area contributed by atoms with Gasteiger partial charge < -0.3 is 14.2 Å². The van der Waals surface area contributed by atoms with Crippen LogP contribution in [0.15, 0.2) is 82.9 Å². The van der Waals surface area contributed by atoms with Gasteiger partial charge in [-0.25, -0.2) is 30.5 Å². The summed E-state index contributed by atoms with van der Waals surface area (Å²) in [5.41, 5.74) is 2.00. The summed E-state index contributed by atoms with van der Waals surface area (Å²) in [6, 6.07) is 13.1. The van der Waals surface area contributed by atoms with Crippen LogP contribution in [0, 0.1) is 24.4 Å². The number of ether oxygens (including phenoxy) is 1. The first-order valence-electron chi connectivity index (χ1n) is 13.1. The van der Waals surface area contributed by atoms with Crippen molar-refractivity contribution >= 4 is 26.7 Å². The fraction of sp³-hybridized carbons (Fsp3) is 0.200. The summed E-state index contributed by atoms with van der Waals surface area (Å²) in [6.07, 6.45) is 4.45. The number of hydrogen-bond donors (Lipinski definition) is 0. The van der Waals surface area contributed by atoms with Gasteiger partial charge in [0.25, 0.3) is 15.6 Å². The molecule has 0 radical (unpaired) electrons. The van der Waals surface area contributed by atoms with Crippen LogP contribution in [-0.2, 0) is 21.3 Å². The number of fused-ring (bicyclic) bond motifs is 1. The summed E-state index contributed by atoms with van der Waals surface area (Å²) < 4.78 is 76.5. The number of aryl methyl sites for hydroxylation is 1. The molecule has 8 nitrogen and oxygen atoms in total. The molecule has 0 N–H and O–H groups in total. The molecular weight excluding hydrogens is 569 g/mol. The van der Waals surface area contributed by atoms with Crippen LogP contribution >= 0.6 is 0 Å². The lowest BCUT2D eigenvalue weighted by Crippen LogP contribution is -2.36. The Morgan fingerprint density at radius 3 is 2.40 bits per heavy atom. The normalized spacial score (nSPS) is 14.0. The molecule has 6 rings (SSSR count). The minimum atomic E-state index is -4.05. The summed E-state index contributed by atoms with van der Waals surface area (Å²) in [7, 11) is -4.05. The van der Waals surface area contributed by atoms with Gasteiger partial charge in [-0.15, -0.1) is 0 Å². The Labute approximate surface area is 239 Å². The molecule has 12 heteroatoms. The van der Waals surface area contributed by atoms with E-state index in [1.54, 1.807) is 24.4 Å². The Morgan fingerprint density at radius 2 is 1.69 bits per heavy atom. The molecule has 2 aromatic carbocycles. The summed E-state index contributed by atoms with van der Waals surface area (Å²) >= 11 is 0. The number of benzene rings is 2. The van der Waals surface area contributed by atoms with Crippen molar-refractivity contribution in [2.75, 3.05) is 31.2 Å². The molecule has 4 heterocycles. The van der Waals surface area contributed by atoms with Gasteiger partial charge in [-0.05, 0) is 42.8 Å². The predicted molar refractivity (Wildman–Crippen MR) is 152 cm³/mol. The molecule has 1 saturated heterocycles. The van der Waals surface area contributed by atoms with E-state index in [1.807, 2.05) is 13.0 Å². The quantitative estimate of drug-likeness (QED) is 0.265. The zero-order valence-corrected chi connectivity index (χ0v) is 23.2. The van der Waals surface area contributed by atoms with Gasteiger partial charge in [0.1, 0.15) is 0 Å². The topological polar surface area (TPSA) is 86.4 Å². The highest BCUT2D eigenvalue weighted by molar-refractivity contribution is 7.90. The molecule has 0 unspecified atom stereocenters. The van der Waals surface area contributed by atoms with E-state index in [-0.39, 0.29) is 22.7 Å². The maximum Gasteiger partial charge on any atom is 0.269 e. The van der Waals surface area contributed by atoms with Gasteiger partial charge in [0.05, 0.1) is 36.5 Å². The number of rotatable bonds is 6. The molecule has 216 valence electrons. The Morgan fingerprint density at radius 1 is 0.952 bits per heavy atom. The Hall–Kier alpha value is -4.42. The van der Waals surface area contributed by atoms with E-state index < -0.39 is 33.0 Å². The van der Waals surface area contributed by atoms with Crippen LogP contribution in [-0.4, -0.2) is 48.2 Å². The molecule has 0 bridgehead atoms. The molecule has 1 aliphatic heterocycles. The van der Waals surface area contributed by atoms with Crippen molar-refractivity contribution in [3.63, 3.8) is 0 Å². The second-order valence-corrected chi connectivity index (χ2v) is 11.9. The van der Waals surface area contributed by atoms with E-state index in [0.717, 1.165) is 31.9 Å². The van der Waals surface area contributed by atoms with Gasteiger partial charge in [0.15, 0.2) is 23.1 Å². The maximum absolute atomic E-state index is 14.3. The van der Waals surface area contributed by atoms with Crippen LogP contribution in [0.4, 0.5) is 18.9 Å². The van der Waals surface area contributed by atoms with Crippen molar-refractivity contribution in [1.82, 2.24) is 13.5 Å². The van der Waals surface area contributed by atoms with Crippen LogP contribution in [0.5, 0.6) is 0 Å². The fourth-order valence-corrected chi connectivity index (χ4v) is 6.30. The van der Waals surface area contributed by atoms with E-state index in [1.165, 1.54) is 30.6 Å². The number of halogens is 3. The highest BCUT2D eigenvalue weighted by Crippen LogP contribution is 2.34. The lowest BCUT2D eigenvalue weighted by molar-refractivity contribution is 0.122. The minimum Gasteiger partial charge on any atom is -0.378 e. The Bertz CT molecular complexity index is 1980. The average molecular weight is 595 g/mol. The minimum absolute atomic E-state index is 0.0829. The van der Waals surface area contributed by atoms with Crippen LogP contribution in [0.25, 0.3) is 22.2 Å². The van der Waals surface area contributed by atoms with E-state index in [9.17, 15) is 26.4 Å². The molecule has 0 spiro atoms. The zero-order chi connectivity index (χ0) is 29.6. The first-order valence-corrected chi connectivity index (χ1v) is 14.6. The Kier molecular flexibility index (Phi) is 7.11. The summed E-state index contributed by atoms with van der Waals surface area (Å²) in [6.45, 7) is 3.91. The molecule has 0 aliphatic carbocycles. The highest BCUT2D eigenvalue weighted by atomic mass is 32.2. The molecule has 0 amide bonds. The first kappa shape index (κ1) is 27.7. The lowest BCUT2D eigenvalue weighted by Gasteiger charge is -2.28. The van der Waals surface area contributed by atoms with Crippen LogP contribution in [0.3, 0.4) is 0 Å². The van der Waals surface area contributed by atoms with E-state index in [0.29, 0.717) is 42.8 Å². The third-order valence-electron chi connectivity index (χ3n) is 7.31. The van der Waals surface area contributed by atoms with Gasteiger partial charge in [-0.2, -0.15) is 0 Å². The predicted octanol–water partition coefficient (Wildman–Crippen LogP) is 4.71. The number of pyridine rings is 2. The van der Waals surface area contributed by atoms with Gasteiger partial charge in [-0.3, -0.25) is 4.79 Å².